The lowest BCUT2D eigenvalue weighted by atomic mass is 9.52. The van der Waals surface area contributed by atoms with Crippen molar-refractivity contribution in [2.45, 2.75) is 42.7 Å². The average Bonchev–Trinajstić information content (AvgIpc) is 2.96. The van der Waals surface area contributed by atoms with Gasteiger partial charge in [0.1, 0.15) is 11.6 Å². The molecule has 0 aromatic rings. The molecule has 6 unspecified atom stereocenters. The zero-order valence-corrected chi connectivity index (χ0v) is 10.9. The highest BCUT2D eigenvalue weighted by Gasteiger charge is 2.91. The maximum Gasteiger partial charge on any atom is 0.271 e. The van der Waals surface area contributed by atoms with E-state index in [1.807, 2.05) is 0 Å². The van der Waals surface area contributed by atoms with E-state index >= 15 is 0 Å². The zero-order valence-electron chi connectivity index (χ0n) is 10.9. The van der Waals surface area contributed by atoms with Gasteiger partial charge in [0.2, 0.25) is 6.43 Å². The maximum atomic E-state index is 14.3. The van der Waals surface area contributed by atoms with Gasteiger partial charge in [-0.15, -0.1) is 0 Å². The molecule has 0 heterocycles. The van der Waals surface area contributed by atoms with Gasteiger partial charge < -0.3 is 0 Å². The van der Waals surface area contributed by atoms with E-state index in [1.165, 1.54) is 0 Å². The lowest BCUT2D eigenvalue weighted by Gasteiger charge is -2.58. The second-order valence-corrected chi connectivity index (χ2v) is 6.39. The van der Waals surface area contributed by atoms with E-state index in [0.717, 1.165) is 0 Å². The minimum absolute atomic E-state index is 1.42. The van der Waals surface area contributed by atoms with Crippen molar-refractivity contribution in [3.8, 4) is 0 Å². The molecule has 6 atom stereocenters. The molecule has 4 aliphatic carbocycles. The standard InChI is InChI=1S/C12H9F11/c13-7(14)3-4-9(17)1-2(9)10(18,19)6(8(15)16)12(22,23)5(3)11(4,20)21/h2-8H,1H2. The van der Waals surface area contributed by atoms with E-state index in [4.69, 9.17) is 0 Å². The van der Waals surface area contributed by atoms with Crippen LogP contribution in [0.25, 0.3) is 0 Å². The summed E-state index contributed by atoms with van der Waals surface area (Å²) in [6.07, 6.45) is -9.76. The highest BCUT2D eigenvalue weighted by molar-refractivity contribution is 5.29. The smallest absolute Gasteiger partial charge is 0.243 e. The SMILES string of the molecule is FC(F)C1C2C(F)(F)C(C(F)F)C(F)(F)C3CC3(F)C1C2(F)F. The summed E-state index contributed by atoms with van der Waals surface area (Å²) in [5.74, 6) is -32.0. The lowest BCUT2D eigenvalue weighted by Crippen LogP contribution is -2.74. The summed E-state index contributed by atoms with van der Waals surface area (Å²) >= 11 is 0. The molecule has 0 N–H and O–H groups in total. The van der Waals surface area contributed by atoms with Crippen molar-refractivity contribution in [2.24, 2.45) is 29.6 Å². The fourth-order valence-corrected chi connectivity index (χ4v) is 4.28. The van der Waals surface area contributed by atoms with Crippen molar-refractivity contribution < 1.29 is 48.3 Å². The van der Waals surface area contributed by atoms with E-state index in [2.05, 4.69) is 0 Å². The molecule has 0 aliphatic heterocycles. The first-order chi connectivity index (χ1) is 10.2. The molecular weight excluding hydrogens is 353 g/mol. The van der Waals surface area contributed by atoms with E-state index in [9.17, 15) is 48.3 Å². The third-order valence-electron chi connectivity index (χ3n) is 5.30. The van der Waals surface area contributed by atoms with E-state index in [-0.39, 0.29) is 0 Å². The average molecular weight is 362 g/mol. The Labute approximate surface area is 122 Å². The van der Waals surface area contributed by atoms with Crippen molar-refractivity contribution in [3.63, 3.8) is 0 Å². The molecule has 0 nitrogen and oxygen atoms in total. The fourth-order valence-electron chi connectivity index (χ4n) is 4.28. The normalized spacial score (nSPS) is 49.2. The van der Waals surface area contributed by atoms with Gasteiger partial charge in [-0.1, -0.05) is 0 Å². The number of fused-ring (bicyclic) bond motifs is 2. The molecular formula is C12H9F11. The van der Waals surface area contributed by atoms with Gasteiger partial charge in [0.25, 0.3) is 24.2 Å². The van der Waals surface area contributed by atoms with Crippen LogP contribution in [0.5, 0.6) is 0 Å². The highest BCUT2D eigenvalue weighted by atomic mass is 19.3. The van der Waals surface area contributed by atoms with Crippen LogP contribution in [-0.4, -0.2) is 36.3 Å². The molecule has 4 saturated carbocycles. The molecule has 4 aliphatic rings. The number of hydrogen-bond donors (Lipinski definition) is 0. The van der Waals surface area contributed by atoms with Gasteiger partial charge in [-0.2, -0.15) is 0 Å². The topological polar surface area (TPSA) is 0 Å². The van der Waals surface area contributed by atoms with Gasteiger partial charge in [0, 0.05) is 5.92 Å². The fraction of sp³-hybridized carbons (Fsp3) is 1.00. The number of alkyl halides is 11. The van der Waals surface area contributed by atoms with Gasteiger partial charge in [-0.25, -0.2) is 48.3 Å². The molecule has 0 radical (unpaired) electrons. The van der Waals surface area contributed by atoms with Crippen LogP contribution in [-0.2, 0) is 0 Å². The number of halogens is 11. The first-order valence-electron chi connectivity index (χ1n) is 6.60. The van der Waals surface area contributed by atoms with Crippen LogP contribution in [0.1, 0.15) is 6.42 Å². The van der Waals surface area contributed by atoms with Crippen LogP contribution in [0.3, 0.4) is 0 Å². The molecule has 11 heteroatoms. The van der Waals surface area contributed by atoms with Crippen LogP contribution in [0.4, 0.5) is 48.3 Å². The van der Waals surface area contributed by atoms with Crippen LogP contribution in [0, 0.1) is 29.6 Å². The summed E-state index contributed by atoms with van der Waals surface area (Å²) in [6.45, 7) is 0. The van der Waals surface area contributed by atoms with Gasteiger partial charge >= 0.3 is 0 Å². The second kappa shape index (κ2) is 4.25. The van der Waals surface area contributed by atoms with E-state index < -0.39 is 72.3 Å². The van der Waals surface area contributed by atoms with Crippen LogP contribution < -0.4 is 0 Å². The Hall–Kier alpha value is -0.770. The molecule has 0 aromatic heterocycles. The summed E-state index contributed by atoms with van der Waals surface area (Å²) in [5, 5.41) is 0. The Morgan fingerprint density at radius 3 is 1.61 bits per heavy atom. The quantitative estimate of drug-likeness (QED) is 0.628. The minimum atomic E-state index is -5.47. The van der Waals surface area contributed by atoms with Crippen molar-refractivity contribution in [1.82, 2.24) is 0 Å². The molecule has 4 rings (SSSR count). The first-order valence-corrected chi connectivity index (χ1v) is 6.60. The number of hydrogen-bond acceptors (Lipinski definition) is 0. The Morgan fingerprint density at radius 2 is 1.17 bits per heavy atom. The summed E-state index contributed by atoms with van der Waals surface area (Å²) in [6, 6.07) is 0. The molecule has 0 amide bonds. The Balaban J connectivity index is 2.19. The Bertz CT molecular complexity index is 510. The Morgan fingerprint density at radius 1 is 0.652 bits per heavy atom. The van der Waals surface area contributed by atoms with Crippen molar-refractivity contribution >= 4 is 0 Å². The third kappa shape index (κ3) is 1.79. The zero-order chi connectivity index (χ0) is 17.7. The minimum Gasteiger partial charge on any atom is -0.243 e. The van der Waals surface area contributed by atoms with Crippen LogP contribution >= 0.6 is 0 Å². The second-order valence-electron chi connectivity index (χ2n) is 6.39. The Kier molecular flexibility index (Phi) is 3.15. The summed E-state index contributed by atoms with van der Waals surface area (Å²) in [7, 11) is 0. The predicted molar refractivity (Wildman–Crippen MR) is 52.8 cm³/mol. The highest BCUT2D eigenvalue weighted by Crippen LogP contribution is 2.78. The lowest BCUT2D eigenvalue weighted by molar-refractivity contribution is -0.381. The summed E-state index contributed by atoms with van der Waals surface area (Å²) in [4.78, 5) is 0. The van der Waals surface area contributed by atoms with Gasteiger partial charge in [0.15, 0.2) is 0 Å². The molecule has 0 aromatic carbocycles. The molecule has 0 saturated heterocycles. The molecule has 4 fully saturated rings. The summed E-state index contributed by atoms with van der Waals surface area (Å²) in [5.41, 5.74) is -3.55. The molecule has 23 heavy (non-hydrogen) atoms. The van der Waals surface area contributed by atoms with Gasteiger partial charge in [-0.05, 0) is 6.42 Å². The van der Waals surface area contributed by atoms with Crippen molar-refractivity contribution in [1.29, 1.82) is 0 Å². The summed E-state index contributed by atoms with van der Waals surface area (Å²) < 4.78 is 149. The van der Waals surface area contributed by atoms with Crippen LogP contribution in [0.15, 0.2) is 0 Å². The predicted octanol–water partition coefficient (Wildman–Crippen LogP) is 4.64. The molecule has 2 bridgehead atoms. The number of rotatable bonds is 2. The largest absolute Gasteiger partial charge is 0.271 e. The molecule has 0 spiro atoms. The van der Waals surface area contributed by atoms with Crippen molar-refractivity contribution in [3.05, 3.63) is 0 Å². The third-order valence-corrected chi connectivity index (χ3v) is 5.30. The van der Waals surface area contributed by atoms with E-state index in [1.54, 1.807) is 0 Å². The monoisotopic (exact) mass is 362 g/mol. The maximum absolute atomic E-state index is 14.3. The van der Waals surface area contributed by atoms with Crippen LogP contribution in [0.2, 0.25) is 0 Å². The van der Waals surface area contributed by atoms with Crippen molar-refractivity contribution in [2.75, 3.05) is 0 Å². The molecule has 134 valence electrons. The van der Waals surface area contributed by atoms with Gasteiger partial charge in [-0.3, -0.25) is 0 Å². The van der Waals surface area contributed by atoms with Gasteiger partial charge in [0.05, 0.1) is 17.8 Å². The van der Waals surface area contributed by atoms with E-state index in [0.29, 0.717) is 0 Å². The first kappa shape index (κ1) is 17.1.